The highest BCUT2D eigenvalue weighted by Crippen LogP contribution is 2.03. The highest BCUT2D eigenvalue weighted by molar-refractivity contribution is 5.81. The van der Waals surface area contributed by atoms with Gasteiger partial charge in [-0.25, -0.2) is 4.79 Å². The maximum absolute atomic E-state index is 11.7. The smallest absolute Gasteiger partial charge is 0.336 e. The molecular formula is C14H19NO5. The molecule has 1 rings (SSSR count). The minimum absolute atomic E-state index is 0.204. The van der Waals surface area contributed by atoms with E-state index in [-0.39, 0.29) is 6.54 Å². The lowest BCUT2D eigenvalue weighted by Gasteiger charge is -2.15. The fourth-order valence-electron chi connectivity index (χ4n) is 1.43. The largest absolute Gasteiger partial charge is 0.467 e. The van der Waals surface area contributed by atoms with Crippen LogP contribution in [0, 0.1) is 0 Å². The number of carbonyl (C=O) groups is 2. The molecular weight excluding hydrogens is 262 g/mol. The van der Waals surface area contributed by atoms with E-state index in [4.69, 9.17) is 4.74 Å². The molecule has 2 N–H and O–H groups in total. The molecule has 1 aromatic carbocycles. The predicted octanol–water partition coefficient (Wildman–Crippen LogP) is 0.242. The van der Waals surface area contributed by atoms with Crippen LogP contribution in [0.2, 0.25) is 0 Å². The van der Waals surface area contributed by atoms with Crippen LogP contribution >= 0.6 is 0 Å². The number of ether oxygens (including phenoxy) is 2. The molecule has 20 heavy (non-hydrogen) atoms. The third-order valence-corrected chi connectivity index (χ3v) is 2.65. The molecule has 0 spiro atoms. The third kappa shape index (κ3) is 5.38. The average molecular weight is 281 g/mol. The first-order valence-corrected chi connectivity index (χ1v) is 6.23. The number of aliphatic hydroxyl groups is 1. The molecule has 2 unspecified atom stereocenters. The van der Waals surface area contributed by atoms with E-state index in [1.54, 1.807) is 6.92 Å². The number of nitrogens with one attached hydrogen (secondary N) is 1. The van der Waals surface area contributed by atoms with Crippen LogP contribution in [-0.2, 0) is 25.7 Å². The van der Waals surface area contributed by atoms with Crippen molar-refractivity contribution in [3.63, 3.8) is 0 Å². The van der Waals surface area contributed by atoms with E-state index in [0.29, 0.717) is 6.61 Å². The normalized spacial score (nSPS) is 13.3. The Morgan fingerprint density at radius 2 is 1.95 bits per heavy atom. The van der Waals surface area contributed by atoms with Gasteiger partial charge >= 0.3 is 5.97 Å². The van der Waals surface area contributed by atoms with Crippen molar-refractivity contribution in [1.29, 1.82) is 0 Å². The van der Waals surface area contributed by atoms with Gasteiger partial charge in [-0.05, 0) is 12.5 Å². The predicted molar refractivity (Wildman–Crippen MR) is 71.7 cm³/mol. The average Bonchev–Trinajstić information content (AvgIpc) is 2.49. The van der Waals surface area contributed by atoms with Gasteiger partial charge in [0, 0.05) is 0 Å². The number of esters is 1. The molecule has 0 fully saturated rings. The van der Waals surface area contributed by atoms with Gasteiger partial charge in [-0.2, -0.15) is 0 Å². The molecule has 0 heterocycles. The van der Waals surface area contributed by atoms with Crippen LogP contribution in [0.3, 0.4) is 0 Å². The zero-order chi connectivity index (χ0) is 15.0. The van der Waals surface area contributed by atoms with Crippen molar-refractivity contribution in [2.45, 2.75) is 25.7 Å². The van der Waals surface area contributed by atoms with E-state index in [0.717, 1.165) is 5.56 Å². The van der Waals surface area contributed by atoms with Crippen LogP contribution in [0.25, 0.3) is 0 Å². The molecule has 0 saturated carbocycles. The van der Waals surface area contributed by atoms with Gasteiger partial charge in [-0.3, -0.25) is 4.79 Å². The summed E-state index contributed by atoms with van der Waals surface area (Å²) in [5.74, 6) is -1.19. The molecule has 6 nitrogen and oxygen atoms in total. The van der Waals surface area contributed by atoms with E-state index >= 15 is 0 Å². The fraction of sp³-hybridized carbons (Fsp3) is 0.429. The number of hydrogen-bond acceptors (Lipinski definition) is 5. The van der Waals surface area contributed by atoms with Crippen LogP contribution in [0.15, 0.2) is 30.3 Å². The molecule has 6 heteroatoms. The summed E-state index contributed by atoms with van der Waals surface area (Å²) in [6.07, 6.45) is -2.05. The maximum Gasteiger partial charge on any atom is 0.336 e. The summed E-state index contributed by atoms with van der Waals surface area (Å²) in [5, 5.41) is 11.7. The second-order valence-corrected chi connectivity index (χ2v) is 4.22. The lowest BCUT2D eigenvalue weighted by Crippen LogP contribution is -2.41. The fourth-order valence-corrected chi connectivity index (χ4v) is 1.43. The van der Waals surface area contributed by atoms with Crippen LogP contribution < -0.4 is 5.32 Å². The van der Waals surface area contributed by atoms with Gasteiger partial charge in [0.2, 0.25) is 5.91 Å². The molecule has 0 bridgehead atoms. The number of benzene rings is 1. The Labute approximate surface area is 117 Å². The van der Waals surface area contributed by atoms with Gasteiger partial charge in [0.25, 0.3) is 0 Å². The molecule has 110 valence electrons. The summed E-state index contributed by atoms with van der Waals surface area (Å²) in [5.41, 5.74) is 0.960. The van der Waals surface area contributed by atoms with Crippen molar-refractivity contribution in [1.82, 2.24) is 5.32 Å². The summed E-state index contributed by atoms with van der Waals surface area (Å²) in [6.45, 7) is 1.71. The maximum atomic E-state index is 11.7. The zero-order valence-corrected chi connectivity index (χ0v) is 11.5. The van der Waals surface area contributed by atoms with Crippen molar-refractivity contribution >= 4 is 11.9 Å². The second-order valence-electron chi connectivity index (χ2n) is 4.22. The standard InChI is InChI=1S/C14H19NO5/c1-10(20-9-11-6-4-3-5-7-11)13(17)15-8-12(16)14(18)19-2/h3-7,10,12,16H,8-9H2,1-2H3,(H,15,17). The molecule has 2 atom stereocenters. The van der Waals surface area contributed by atoms with Gasteiger partial charge < -0.3 is 19.9 Å². The Hall–Kier alpha value is -1.92. The molecule has 0 aliphatic rings. The van der Waals surface area contributed by atoms with Gasteiger partial charge in [-0.15, -0.1) is 0 Å². The number of rotatable bonds is 7. The Bertz CT molecular complexity index is 434. The zero-order valence-electron chi connectivity index (χ0n) is 11.5. The number of hydrogen-bond donors (Lipinski definition) is 2. The number of amides is 1. The summed E-state index contributed by atoms with van der Waals surface area (Å²) >= 11 is 0. The SMILES string of the molecule is COC(=O)C(O)CNC(=O)C(C)OCc1ccccc1. The molecule has 0 aromatic heterocycles. The first kappa shape index (κ1) is 16.1. The van der Waals surface area contributed by atoms with Crippen molar-refractivity contribution in [3.05, 3.63) is 35.9 Å². The van der Waals surface area contributed by atoms with E-state index in [9.17, 15) is 14.7 Å². The van der Waals surface area contributed by atoms with E-state index in [1.165, 1.54) is 7.11 Å². The lowest BCUT2D eigenvalue weighted by atomic mass is 10.2. The Balaban J connectivity index is 2.31. The lowest BCUT2D eigenvalue weighted by molar-refractivity contribution is -0.150. The van der Waals surface area contributed by atoms with E-state index < -0.39 is 24.1 Å². The molecule has 0 aliphatic heterocycles. The second kappa shape index (κ2) is 8.29. The number of aliphatic hydroxyl groups excluding tert-OH is 1. The van der Waals surface area contributed by atoms with Gasteiger partial charge in [-0.1, -0.05) is 30.3 Å². The van der Waals surface area contributed by atoms with E-state index in [2.05, 4.69) is 10.1 Å². The van der Waals surface area contributed by atoms with Crippen LogP contribution in [-0.4, -0.2) is 42.8 Å². The van der Waals surface area contributed by atoms with Crippen LogP contribution in [0.4, 0.5) is 0 Å². The summed E-state index contributed by atoms with van der Waals surface area (Å²) in [7, 11) is 1.17. The topological polar surface area (TPSA) is 84.9 Å². The Kier molecular flexibility index (Phi) is 6.69. The van der Waals surface area contributed by atoms with Gasteiger partial charge in [0.05, 0.1) is 20.3 Å². The first-order valence-electron chi connectivity index (χ1n) is 6.23. The molecule has 0 aliphatic carbocycles. The molecule has 1 amide bonds. The Morgan fingerprint density at radius 3 is 2.55 bits per heavy atom. The third-order valence-electron chi connectivity index (χ3n) is 2.65. The monoisotopic (exact) mass is 281 g/mol. The van der Waals surface area contributed by atoms with Gasteiger partial charge in [0.1, 0.15) is 6.10 Å². The van der Waals surface area contributed by atoms with Crippen molar-refractivity contribution in [3.8, 4) is 0 Å². The molecule has 0 radical (unpaired) electrons. The highest BCUT2D eigenvalue weighted by Gasteiger charge is 2.19. The summed E-state index contributed by atoms with van der Waals surface area (Å²) in [6, 6.07) is 9.46. The quantitative estimate of drug-likeness (QED) is 0.699. The number of methoxy groups -OCH3 is 1. The van der Waals surface area contributed by atoms with Gasteiger partial charge in [0.15, 0.2) is 6.10 Å². The number of carbonyl (C=O) groups excluding carboxylic acids is 2. The molecule has 0 saturated heterocycles. The van der Waals surface area contributed by atoms with Crippen molar-refractivity contribution in [2.75, 3.05) is 13.7 Å². The van der Waals surface area contributed by atoms with Crippen molar-refractivity contribution in [2.24, 2.45) is 0 Å². The minimum atomic E-state index is -1.37. The van der Waals surface area contributed by atoms with Crippen LogP contribution in [0.1, 0.15) is 12.5 Å². The highest BCUT2D eigenvalue weighted by atomic mass is 16.5. The minimum Gasteiger partial charge on any atom is -0.467 e. The summed E-state index contributed by atoms with van der Waals surface area (Å²) in [4.78, 5) is 22.6. The first-order chi connectivity index (χ1) is 9.54. The van der Waals surface area contributed by atoms with Crippen LogP contribution in [0.5, 0.6) is 0 Å². The van der Waals surface area contributed by atoms with Crippen molar-refractivity contribution < 1.29 is 24.2 Å². The molecule has 1 aromatic rings. The van der Waals surface area contributed by atoms with E-state index in [1.807, 2.05) is 30.3 Å². The Morgan fingerprint density at radius 1 is 1.30 bits per heavy atom. The summed E-state index contributed by atoms with van der Waals surface area (Å²) < 4.78 is 9.74.